The highest BCUT2D eigenvalue weighted by Crippen LogP contribution is 2.41. The van der Waals surface area contributed by atoms with Crippen LogP contribution in [0.2, 0.25) is 0 Å². The number of para-hydroxylation sites is 1. The van der Waals surface area contributed by atoms with Crippen molar-refractivity contribution in [1.29, 1.82) is 0 Å². The van der Waals surface area contributed by atoms with Crippen molar-refractivity contribution in [2.75, 3.05) is 90.3 Å². The number of pyridine rings is 1. The minimum absolute atomic E-state index is 0.198. The van der Waals surface area contributed by atoms with Crippen LogP contribution in [0.15, 0.2) is 66.2 Å². The van der Waals surface area contributed by atoms with E-state index in [9.17, 15) is 4.79 Å². The third kappa shape index (κ3) is 6.83. The van der Waals surface area contributed by atoms with Crippen molar-refractivity contribution in [3.8, 4) is 16.9 Å². The fourth-order valence-electron chi connectivity index (χ4n) is 6.71. The van der Waals surface area contributed by atoms with Crippen molar-refractivity contribution in [3.63, 3.8) is 0 Å². The molecule has 48 heavy (non-hydrogen) atoms. The average Bonchev–Trinajstić information content (AvgIpc) is 3.72. The number of aryl methyl sites for hydroxylation is 1. The van der Waals surface area contributed by atoms with E-state index in [0.717, 1.165) is 110 Å². The van der Waals surface area contributed by atoms with Crippen LogP contribution in [-0.4, -0.2) is 109 Å². The lowest BCUT2D eigenvalue weighted by molar-refractivity contribution is 0.0303. The molecule has 5 heterocycles. The highest BCUT2D eigenvalue weighted by Gasteiger charge is 2.20. The van der Waals surface area contributed by atoms with Gasteiger partial charge in [0.15, 0.2) is 0 Å². The lowest BCUT2D eigenvalue weighted by Gasteiger charge is -2.36. The molecule has 0 saturated carbocycles. The molecule has 7 rings (SSSR count). The highest BCUT2D eigenvalue weighted by atomic mass is 32.1. The summed E-state index contributed by atoms with van der Waals surface area (Å²) in [5.74, 6) is 0.873. The maximum Gasteiger partial charge on any atom is 0.272 e. The van der Waals surface area contributed by atoms with Gasteiger partial charge in [-0.1, -0.05) is 36.4 Å². The summed E-state index contributed by atoms with van der Waals surface area (Å²) in [6.07, 6.45) is 6.28. The maximum absolute atomic E-state index is 13.3. The molecule has 3 N–H and O–H groups in total. The first-order chi connectivity index (χ1) is 23.5. The summed E-state index contributed by atoms with van der Waals surface area (Å²) in [4.78, 5) is 25.5. The Hall–Kier alpha value is -4.26. The van der Waals surface area contributed by atoms with E-state index in [1.165, 1.54) is 0 Å². The first kappa shape index (κ1) is 32.3. The largest absolute Gasteiger partial charge is 0.495 e. The molecule has 250 valence electrons. The zero-order chi connectivity index (χ0) is 33.0. The lowest BCUT2D eigenvalue weighted by Crippen LogP contribution is -2.49. The lowest BCUT2D eigenvalue weighted by atomic mass is 10.0. The van der Waals surface area contributed by atoms with Crippen LogP contribution in [0, 0.1) is 0 Å². The average molecular weight is 666 g/mol. The van der Waals surface area contributed by atoms with Gasteiger partial charge in [0.1, 0.15) is 17.3 Å². The molecule has 0 radical (unpaired) electrons. The molecule has 0 spiro atoms. The third-order valence-corrected chi connectivity index (χ3v) is 10.6. The maximum atomic E-state index is 13.3. The molecule has 3 aromatic heterocycles. The number of hydrogen-bond donors (Lipinski definition) is 2. The van der Waals surface area contributed by atoms with Crippen molar-refractivity contribution < 1.29 is 14.3 Å². The molecule has 10 nitrogen and oxygen atoms in total. The molecule has 2 saturated heterocycles. The number of carbonyl (C=O) groups is 1. The highest BCUT2D eigenvalue weighted by molar-refractivity contribution is 7.18. The normalized spacial score (nSPS) is 16.7. The van der Waals surface area contributed by atoms with E-state index in [2.05, 4.69) is 42.5 Å². The van der Waals surface area contributed by atoms with Gasteiger partial charge in [0.2, 0.25) is 0 Å². The fourth-order valence-corrected chi connectivity index (χ4v) is 7.78. The number of ether oxygens (including phenoxy) is 2. The SMILES string of the molecule is COc1cc(-c2csc3c(/C=C/CN4CCN(CCN5CCOCC5)CC4)cnc(N)c23)ccc1NC(=O)c1cc2ccccc2n1C. The van der Waals surface area contributed by atoms with Crippen LogP contribution in [0.4, 0.5) is 11.5 Å². The number of piperazine rings is 1. The first-order valence-electron chi connectivity index (χ1n) is 16.6. The molecule has 11 heteroatoms. The summed E-state index contributed by atoms with van der Waals surface area (Å²) in [6.45, 7) is 11.4. The zero-order valence-electron chi connectivity index (χ0n) is 27.7. The molecular weight excluding hydrogens is 623 g/mol. The van der Waals surface area contributed by atoms with E-state index in [4.69, 9.17) is 15.2 Å². The predicted molar refractivity (Wildman–Crippen MR) is 196 cm³/mol. The van der Waals surface area contributed by atoms with Crippen LogP contribution in [0.1, 0.15) is 16.1 Å². The Labute approximate surface area is 285 Å². The van der Waals surface area contributed by atoms with Crippen LogP contribution in [0.25, 0.3) is 38.2 Å². The second-order valence-corrected chi connectivity index (χ2v) is 13.3. The Morgan fingerprint density at radius 3 is 2.54 bits per heavy atom. The van der Waals surface area contributed by atoms with E-state index in [1.54, 1.807) is 18.4 Å². The second kappa shape index (κ2) is 14.5. The van der Waals surface area contributed by atoms with Gasteiger partial charge in [0, 0.05) is 104 Å². The van der Waals surface area contributed by atoms with Crippen LogP contribution in [0.3, 0.4) is 0 Å². The number of rotatable bonds is 10. The van der Waals surface area contributed by atoms with E-state index < -0.39 is 0 Å². The number of benzene rings is 2. The van der Waals surface area contributed by atoms with Crippen molar-refractivity contribution >= 4 is 55.8 Å². The van der Waals surface area contributed by atoms with Crippen molar-refractivity contribution in [2.45, 2.75) is 0 Å². The summed E-state index contributed by atoms with van der Waals surface area (Å²) in [6, 6.07) is 15.7. The number of nitrogens with zero attached hydrogens (tertiary/aromatic N) is 5. The van der Waals surface area contributed by atoms with Crippen LogP contribution >= 0.6 is 11.3 Å². The molecule has 2 fully saturated rings. The second-order valence-electron chi connectivity index (χ2n) is 12.5. The Balaban J connectivity index is 1.01. The molecule has 0 unspecified atom stereocenters. The number of aromatic nitrogens is 2. The summed E-state index contributed by atoms with van der Waals surface area (Å²) in [5.41, 5.74) is 11.7. The summed E-state index contributed by atoms with van der Waals surface area (Å²) in [5, 5.41) is 7.12. The van der Waals surface area contributed by atoms with Crippen molar-refractivity contribution in [3.05, 3.63) is 77.4 Å². The van der Waals surface area contributed by atoms with Gasteiger partial charge in [-0.15, -0.1) is 11.3 Å². The summed E-state index contributed by atoms with van der Waals surface area (Å²) < 4.78 is 14.2. The number of methoxy groups -OCH3 is 1. The number of thiophene rings is 1. The molecule has 1 amide bonds. The first-order valence-corrected chi connectivity index (χ1v) is 17.5. The standard InChI is InChI=1S/C37H43N7O3S/c1-41-31-8-4-3-6-27(31)22-32(41)37(45)40-30-10-9-26(23-33(30)46-2)29-25-48-35-28(24-39-36(38)34(29)35)7-5-11-42-12-14-43(15-13-42)16-17-44-18-20-47-21-19-44/h3-10,22-25H,11-21H2,1-2H3,(H2,38,39)(H,40,45)/b7-5+. The van der Waals surface area contributed by atoms with E-state index >= 15 is 0 Å². The van der Waals surface area contributed by atoms with Gasteiger partial charge in [-0.25, -0.2) is 4.98 Å². The van der Waals surface area contributed by atoms with Gasteiger partial charge in [0.05, 0.1) is 26.0 Å². The summed E-state index contributed by atoms with van der Waals surface area (Å²) in [7, 11) is 3.51. The quantitative estimate of drug-likeness (QED) is 0.209. The van der Waals surface area contributed by atoms with Gasteiger partial charge in [-0.3, -0.25) is 19.5 Å². The number of amides is 1. The third-order valence-electron chi connectivity index (χ3n) is 9.56. The van der Waals surface area contributed by atoms with Gasteiger partial charge < -0.3 is 25.1 Å². The monoisotopic (exact) mass is 665 g/mol. The number of morpholine rings is 1. The number of nitrogens with two attached hydrogens (primary N) is 1. The van der Waals surface area contributed by atoms with Crippen molar-refractivity contribution in [2.24, 2.45) is 7.05 Å². The van der Waals surface area contributed by atoms with Crippen molar-refractivity contribution in [1.82, 2.24) is 24.3 Å². The predicted octanol–water partition coefficient (Wildman–Crippen LogP) is 5.26. The minimum atomic E-state index is -0.198. The molecule has 2 aliphatic rings. The van der Waals surface area contributed by atoms with Gasteiger partial charge in [-0.2, -0.15) is 0 Å². The Bertz CT molecular complexity index is 1940. The number of anilines is 2. The number of hydrogen-bond acceptors (Lipinski definition) is 9. The van der Waals surface area contributed by atoms with E-state index in [-0.39, 0.29) is 5.91 Å². The Morgan fingerprint density at radius 1 is 1.02 bits per heavy atom. The topological polar surface area (TPSA) is 101 Å². The van der Waals surface area contributed by atoms with Crippen LogP contribution < -0.4 is 15.8 Å². The van der Waals surface area contributed by atoms with Crippen LogP contribution in [-0.2, 0) is 11.8 Å². The number of nitrogens with one attached hydrogen (secondary N) is 1. The minimum Gasteiger partial charge on any atom is -0.495 e. The zero-order valence-corrected chi connectivity index (χ0v) is 28.5. The molecule has 2 aromatic carbocycles. The Kier molecular flexibility index (Phi) is 9.73. The molecule has 5 aromatic rings. The molecule has 0 atom stereocenters. The van der Waals surface area contributed by atoms with Gasteiger partial charge in [0.25, 0.3) is 5.91 Å². The molecule has 0 aliphatic carbocycles. The molecule has 2 aliphatic heterocycles. The van der Waals surface area contributed by atoms with E-state index in [0.29, 0.717) is 22.9 Å². The molecular formula is C37H43N7O3S. The Morgan fingerprint density at radius 2 is 1.77 bits per heavy atom. The number of nitrogen functional groups attached to an aromatic ring is 1. The van der Waals surface area contributed by atoms with Gasteiger partial charge in [-0.05, 0) is 35.2 Å². The van der Waals surface area contributed by atoms with Crippen LogP contribution in [0.5, 0.6) is 5.75 Å². The number of fused-ring (bicyclic) bond motifs is 2. The number of carbonyl (C=O) groups excluding carboxylic acids is 1. The molecule has 0 bridgehead atoms. The smallest absolute Gasteiger partial charge is 0.272 e. The summed E-state index contributed by atoms with van der Waals surface area (Å²) >= 11 is 1.67. The van der Waals surface area contributed by atoms with Gasteiger partial charge >= 0.3 is 0 Å². The fraction of sp³-hybridized carbons (Fsp3) is 0.351. The van der Waals surface area contributed by atoms with E-state index in [1.807, 2.05) is 66.3 Å².